The summed E-state index contributed by atoms with van der Waals surface area (Å²) in [4.78, 5) is 0. The highest BCUT2D eigenvalue weighted by atomic mass is 35.5. The van der Waals surface area contributed by atoms with E-state index in [-0.39, 0.29) is 18.3 Å². The van der Waals surface area contributed by atoms with E-state index in [0.29, 0.717) is 6.04 Å². The van der Waals surface area contributed by atoms with Crippen LogP contribution in [0.2, 0.25) is 0 Å². The third-order valence-electron chi connectivity index (χ3n) is 3.77. The van der Waals surface area contributed by atoms with Gasteiger partial charge in [-0.2, -0.15) is 0 Å². The molecular weight excluding hydrogens is 236 g/mol. The first-order chi connectivity index (χ1) is 6.49. The zero-order chi connectivity index (χ0) is 10.4. The lowest BCUT2D eigenvalue weighted by atomic mass is 9.99. The monoisotopic (exact) mass is 254 g/mol. The van der Waals surface area contributed by atoms with Crippen molar-refractivity contribution in [2.45, 2.75) is 43.4 Å². The van der Waals surface area contributed by atoms with Crippen LogP contribution >= 0.6 is 12.4 Å². The molecule has 1 heterocycles. The van der Waals surface area contributed by atoms with Gasteiger partial charge in [0.05, 0.1) is 4.75 Å². The number of hydrogen-bond acceptors (Lipinski definition) is 3. The van der Waals surface area contributed by atoms with Gasteiger partial charge in [-0.1, -0.05) is 6.92 Å². The van der Waals surface area contributed by atoms with Crippen LogP contribution in [-0.2, 0) is 10.0 Å². The Morgan fingerprint density at radius 3 is 2.40 bits per heavy atom. The van der Waals surface area contributed by atoms with Crippen molar-refractivity contribution in [2.75, 3.05) is 6.54 Å². The van der Waals surface area contributed by atoms with E-state index in [9.17, 15) is 8.42 Å². The Labute approximate surface area is 97.5 Å². The number of halogens is 1. The molecule has 0 spiro atoms. The van der Waals surface area contributed by atoms with Gasteiger partial charge in [-0.3, -0.25) is 0 Å². The number of nitrogens with one attached hydrogen (secondary N) is 1. The van der Waals surface area contributed by atoms with Crippen molar-refractivity contribution in [1.82, 2.24) is 5.32 Å². The minimum atomic E-state index is -3.35. The molecule has 0 aromatic carbocycles. The van der Waals surface area contributed by atoms with Gasteiger partial charge in [-0.05, 0) is 38.1 Å². The first-order valence-electron chi connectivity index (χ1n) is 5.25. The van der Waals surface area contributed by atoms with Crippen molar-refractivity contribution in [2.24, 2.45) is 11.1 Å². The van der Waals surface area contributed by atoms with E-state index in [1.54, 1.807) is 0 Å². The van der Waals surface area contributed by atoms with Crippen molar-refractivity contribution in [3.63, 3.8) is 0 Å². The fourth-order valence-corrected chi connectivity index (χ4v) is 3.89. The first kappa shape index (κ1) is 13.2. The molecule has 0 aromatic rings. The van der Waals surface area contributed by atoms with Crippen molar-refractivity contribution < 1.29 is 8.42 Å². The third-order valence-corrected chi connectivity index (χ3v) is 5.64. The number of rotatable bonds is 3. The summed E-state index contributed by atoms with van der Waals surface area (Å²) in [6.07, 6.45) is 3.55. The van der Waals surface area contributed by atoms with E-state index >= 15 is 0 Å². The molecule has 2 rings (SSSR count). The van der Waals surface area contributed by atoms with Gasteiger partial charge in [-0.25, -0.2) is 13.6 Å². The summed E-state index contributed by atoms with van der Waals surface area (Å²) in [7, 11) is -3.35. The predicted molar refractivity (Wildman–Crippen MR) is 62.5 cm³/mol. The average molecular weight is 255 g/mol. The van der Waals surface area contributed by atoms with Crippen molar-refractivity contribution >= 4 is 22.4 Å². The van der Waals surface area contributed by atoms with Crippen LogP contribution in [0.25, 0.3) is 0 Å². The lowest BCUT2D eigenvalue weighted by Gasteiger charge is -2.19. The molecule has 0 aromatic heterocycles. The van der Waals surface area contributed by atoms with E-state index < -0.39 is 14.8 Å². The Morgan fingerprint density at radius 2 is 2.07 bits per heavy atom. The summed E-state index contributed by atoms with van der Waals surface area (Å²) in [5, 5.41) is 8.64. The standard InChI is InChI=1S/C9H18N2O2S.ClH/c1-2-8-5-7(6-11-8)9(3-4-9)14(10,12)13;/h7-8,11H,2-6H2,1H3,(H2,10,12,13);1H/t7-,8+;/m0./s1. The maximum atomic E-state index is 11.4. The summed E-state index contributed by atoms with van der Waals surface area (Å²) >= 11 is 0. The van der Waals surface area contributed by atoms with E-state index in [0.717, 1.165) is 32.2 Å². The number of hydrogen-bond donors (Lipinski definition) is 2. The van der Waals surface area contributed by atoms with Gasteiger partial charge in [0.15, 0.2) is 0 Å². The fraction of sp³-hybridized carbons (Fsp3) is 1.00. The Hall–Kier alpha value is 0.160. The zero-order valence-electron chi connectivity index (χ0n) is 8.90. The number of sulfonamides is 1. The summed E-state index contributed by atoms with van der Waals surface area (Å²) < 4.78 is 22.3. The molecule has 3 N–H and O–H groups in total. The van der Waals surface area contributed by atoms with Crippen LogP contribution in [0.1, 0.15) is 32.6 Å². The average Bonchev–Trinajstić information content (AvgIpc) is 2.79. The smallest absolute Gasteiger partial charge is 0.215 e. The van der Waals surface area contributed by atoms with E-state index in [1.807, 2.05) is 0 Å². The third kappa shape index (κ3) is 2.16. The van der Waals surface area contributed by atoms with Crippen molar-refractivity contribution in [3.8, 4) is 0 Å². The molecule has 15 heavy (non-hydrogen) atoms. The number of primary sulfonamides is 1. The van der Waals surface area contributed by atoms with Gasteiger partial charge < -0.3 is 5.32 Å². The molecule has 90 valence electrons. The topological polar surface area (TPSA) is 72.2 Å². The van der Waals surface area contributed by atoms with Gasteiger partial charge in [-0.15, -0.1) is 12.4 Å². The summed E-state index contributed by atoms with van der Waals surface area (Å²) in [5.74, 6) is 0.238. The maximum Gasteiger partial charge on any atom is 0.215 e. The maximum absolute atomic E-state index is 11.4. The van der Waals surface area contributed by atoms with E-state index in [2.05, 4.69) is 12.2 Å². The van der Waals surface area contributed by atoms with Gasteiger partial charge in [0.1, 0.15) is 0 Å². The summed E-state index contributed by atoms with van der Waals surface area (Å²) in [6.45, 7) is 2.94. The lowest BCUT2D eigenvalue weighted by molar-refractivity contribution is 0.481. The molecular formula is C9H19ClN2O2S. The summed E-state index contributed by atoms with van der Waals surface area (Å²) in [6, 6.07) is 0.485. The van der Waals surface area contributed by atoms with Crippen LogP contribution < -0.4 is 10.5 Å². The molecule has 0 amide bonds. The second-order valence-corrected chi connectivity index (χ2v) is 6.46. The van der Waals surface area contributed by atoms with Gasteiger partial charge >= 0.3 is 0 Å². The van der Waals surface area contributed by atoms with Gasteiger partial charge in [0.25, 0.3) is 0 Å². The van der Waals surface area contributed by atoms with Crippen LogP contribution in [0, 0.1) is 5.92 Å². The van der Waals surface area contributed by atoms with Crippen LogP contribution in [0.4, 0.5) is 0 Å². The molecule has 1 saturated heterocycles. The molecule has 0 radical (unpaired) electrons. The second-order valence-electron chi connectivity index (χ2n) is 4.56. The molecule has 1 aliphatic carbocycles. The molecule has 1 aliphatic heterocycles. The van der Waals surface area contributed by atoms with Crippen molar-refractivity contribution in [3.05, 3.63) is 0 Å². The molecule has 2 atom stereocenters. The highest BCUT2D eigenvalue weighted by Crippen LogP contribution is 2.51. The second kappa shape index (κ2) is 4.20. The SMILES string of the molecule is CC[C@@H]1C[C@H](C2(S(N)(=O)=O)CC2)CN1.Cl. The molecule has 2 fully saturated rings. The van der Waals surface area contributed by atoms with E-state index in [4.69, 9.17) is 5.14 Å². The van der Waals surface area contributed by atoms with E-state index in [1.165, 1.54) is 0 Å². The van der Waals surface area contributed by atoms with Gasteiger partial charge in [0, 0.05) is 6.04 Å². The summed E-state index contributed by atoms with van der Waals surface area (Å²) in [5.41, 5.74) is 0. The van der Waals surface area contributed by atoms with Crippen molar-refractivity contribution in [1.29, 1.82) is 0 Å². The first-order valence-corrected chi connectivity index (χ1v) is 6.80. The van der Waals surface area contributed by atoms with Crippen LogP contribution in [-0.4, -0.2) is 25.8 Å². The molecule has 1 saturated carbocycles. The quantitative estimate of drug-likeness (QED) is 0.776. The highest BCUT2D eigenvalue weighted by molar-refractivity contribution is 7.90. The fourth-order valence-electron chi connectivity index (χ4n) is 2.58. The van der Waals surface area contributed by atoms with Crippen LogP contribution in [0.5, 0.6) is 0 Å². The minimum Gasteiger partial charge on any atom is -0.314 e. The highest BCUT2D eigenvalue weighted by Gasteiger charge is 2.59. The molecule has 2 aliphatic rings. The number of nitrogens with two attached hydrogens (primary N) is 1. The normalized spacial score (nSPS) is 33.5. The van der Waals surface area contributed by atoms with Crippen LogP contribution in [0.3, 0.4) is 0 Å². The molecule has 6 heteroatoms. The zero-order valence-corrected chi connectivity index (χ0v) is 10.5. The Bertz CT molecular complexity index is 327. The Morgan fingerprint density at radius 1 is 1.47 bits per heavy atom. The Kier molecular flexibility index (Phi) is 3.70. The van der Waals surface area contributed by atoms with Gasteiger partial charge in [0.2, 0.25) is 10.0 Å². The lowest BCUT2D eigenvalue weighted by Crippen LogP contribution is -2.38. The molecule has 0 bridgehead atoms. The van der Waals surface area contributed by atoms with Crippen LogP contribution in [0.15, 0.2) is 0 Å². The predicted octanol–water partition coefficient (Wildman–Crippen LogP) is 0.617. The molecule has 0 unspecified atom stereocenters. The molecule has 4 nitrogen and oxygen atoms in total. The Balaban J connectivity index is 0.00000112. The minimum absolute atomic E-state index is 0. The largest absolute Gasteiger partial charge is 0.314 e.